The van der Waals surface area contributed by atoms with Crippen molar-refractivity contribution in [2.75, 3.05) is 19.6 Å². The molecule has 0 spiro atoms. The second kappa shape index (κ2) is 10.6. The zero-order valence-electron chi connectivity index (χ0n) is 17.9. The molecule has 162 valence electrons. The number of aromatic nitrogens is 1. The fraction of sp³-hybridized carbons (Fsp3) is 0.360. The number of piperidine rings is 1. The third-order valence-electron chi connectivity index (χ3n) is 5.68. The maximum absolute atomic E-state index is 12.5. The van der Waals surface area contributed by atoms with Gasteiger partial charge in [0.05, 0.1) is 6.04 Å². The van der Waals surface area contributed by atoms with Crippen molar-refractivity contribution in [2.24, 2.45) is 0 Å². The number of hydrogen-bond donors (Lipinski definition) is 1. The number of benzene rings is 2. The minimum absolute atomic E-state index is 0.0963. The Labute approximate surface area is 188 Å². The smallest absolute Gasteiger partial charge is 0.251 e. The first-order chi connectivity index (χ1) is 15.2. The van der Waals surface area contributed by atoms with Gasteiger partial charge in [0.2, 0.25) is 0 Å². The SMILES string of the molecule is C[C@H](NC(=O)c1ccc(OC2CCN(CCc3ccccc3)CC2)cc1)c1nccs1. The molecule has 0 saturated carbocycles. The fourth-order valence-electron chi connectivity index (χ4n) is 3.85. The van der Waals surface area contributed by atoms with Crippen LogP contribution in [-0.4, -0.2) is 41.5 Å². The molecule has 1 atom stereocenters. The van der Waals surface area contributed by atoms with Crippen LogP contribution in [0, 0.1) is 0 Å². The molecule has 31 heavy (non-hydrogen) atoms. The van der Waals surface area contributed by atoms with Gasteiger partial charge in [-0.15, -0.1) is 11.3 Å². The van der Waals surface area contributed by atoms with Crippen molar-refractivity contribution in [3.05, 3.63) is 82.3 Å². The molecule has 4 rings (SSSR count). The van der Waals surface area contributed by atoms with Gasteiger partial charge in [0, 0.05) is 36.8 Å². The van der Waals surface area contributed by atoms with Gasteiger partial charge in [-0.1, -0.05) is 30.3 Å². The molecular formula is C25H29N3O2S. The lowest BCUT2D eigenvalue weighted by molar-refractivity contribution is 0.0939. The first-order valence-corrected chi connectivity index (χ1v) is 11.8. The molecule has 2 aromatic carbocycles. The summed E-state index contributed by atoms with van der Waals surface area (Å²) in [7, 11) is 0. The van der Waals surface area contributed by atoms with Crippen LogP contribution in [0.15, 0.2) is 66.2 Å². The highest BCUT2D eigenvalue weighted by atomic mass is 32.1. The van der Waals surface area contributed by atoms with E-state index in [-0.39, 0.29) is 18.1 Å². The second-order valence-electron chi connectivity index (χ2n) is 7.98. The van der Waals surface area contributed by atoms with Gasteiger partial charge in [0.15, 0.2) is 0 Å². The van der Waals surface area contributed by atoms with Crippen LogP contribution < -0.4 is 10.1 Å². The lowest BCUT2D eigenvalue weighted by atomic mass is 10.1. The summed E-state index contributed by atoms with van der Waals surface area (Å²) in [6.07, 6.45) is 5.14. The van der Waals surface area contributed by atoms with Crippen LogP contribution in [-0.2, 0) is 6.42 Å². The van der Waals surface area contributed by atoms with Gasteiger partial charge >= 0.3 is 0 Å². The van der Waals surface area contributed by atoms with Crippen molar-refractivity contribution >= 4 is 17.2 Å². The summed E-state index contributed by atoms with van der Waals surface area (Å²) >= 11 is 1.54. The molecule has 0 unspecified atom stereocenters. The normalized spacial score (nSPS) is 16.0. The predicted octanol–water partition coefficient (Wildman–Crippen LogP) is 4.72. The highest BCUT2D eigenvalue weighted by Gasteiger charge is 2.20. The Kier molecular flexibility index (Phi) is 7.33. The molecule has 0 radical (unpaired) electrons. The largest absolute Gasteiger partial charge is 0.490 e. The van der Waals surface area contributed by atoms with Crippen molar-refractivity contribution < 1.29 is 9.53 Å². The van der Waals surface area contributed by atoms with Crippen LogP contribution in [0.5, 0.6) is 5.75 Å². The number of rotatable bonds is 8. The molecule has 1 saturated heterocycles. The second-order valence-corrected chi connectivity index (χ2v) is 8.91. The van der Waals surface area contributed by atoms with Gasteiger partial charge in [0.1, 0.15) is 16.9 Å². The number of likely N-dealkylation sites (tertiary alicyclic amines) is 1. The van der Waals surface area contributed by atoms with Crippen LogP contribution in [0.3, 0.4) is 0 Å². The maximum Gasteiger partial charge on any atom is 0.251 e. The van der Waals surface area contributed by atoms with Crippen LogP contribution in [0.4, 0.5) is 0 Å². The molecule has 1 N–H and O–H groups in total. The standard InChI is InChI=1S/C25H29N3O2S/c1-19(25-26-14-18-31-25)27-24(29)21-7-9-22(10-8-21)30-23-12-16-28(17-13-23)15-11-20-5-3-2-4-6-20/h2-10,14,18-19,23H,11-13,15-17H2,1H3,(H,27,29)/t19-/m0/s1. The summed E-state index contributed by atoms with van der Waals surface area (Å²) in [6, 6.07) is 18.0. The summed E-state index contributed by atoms with van der Waals surface area (Å²) in [5.74, 6) is 0.730. The lowest BCUT2D eigenvalue weighted by Gasteiger charge is -2.32. The predicted molar refractivity (Wildman–Crippen MR) is 125 cm³/mol. The van der Waals surface area contributed by atoms with E-state index in [9.17, 15) is 4.79 Å². The first kappa shape index (κ1) is 21.5. The molecular weight excluding hydrogens is 406 g/mol. The van der Waals surface area contributed by atoms with Gasteiger partial charge in [-0.3, -0.25) is 4.79 Å². The third kappa shape index (κ3) is 6.15. The Balaban J connectivity index is 1.21. The highest BCUT2D eigenvalue weighted by Crippen LogP contribution is 2.21. The number of carbonyl (C=O) groups excluding carboxylic acids is 1. The average molecular weight is 436 g/mol. The van der Waals surface area contributed by atoms with Crippen molar-refractivity contribution in [2.45, 2.75) is 38.3 Å². The molecule has 1 aliphatic heterocycles. The molecule has 6 heteroatoms. The summed E-state index contributed by atoms with van der Waals surface area (Å²) in [6.45, 7) is 5.17. The monoisotopic (exact) mass is 435 g/mol. The van der Waals surface area contributed by atoms with E-state index in [2.05, 4.69) is 45.5 Å². The average Bonchev–Trinajstić information content (AvgIpc) is 3.35. The highest BCUT2D eigenvalue weighted by molar-refractivity contribution is 7.09. The van der Waals surface area contributed by atoms with Crippen LogP contribution in [0.25, 0.3) is 0 Å². The number of nitrogens with one attached hydrogen (secondary N) is 1. The Hall–Kier alpha value is -2.70. The number of ether oxygens (including phenoxy) is 1. The maximum atomic E-state index is 12.5. The van der Waals surface area contributed by atoms with E-state index in [1.165, 1.54) is 5.56 Å². The molecule has 5 nitrogen and oxygen atoms in total. The molecule has 0 bridgehead atoms. The van der Waals surface area contributed by atoms with Gasteiger partial charge in [-0.2, -0.15) is 0 Å². The van der Waals surface area contributed by atoms with Crippen LogP contribution in [0.2, 0.25) is 0 Å². The molecule has 1 fully saturated rings. The zero-order valence-corrected chi connectivity index (χ0v) is 18.7. The molecule has 1 amide bonds. The van der Waals surface area contributed by atoms with Crippen molar-refractivity contribution in [1.82, 2.24) is 15.2 Å². The summed E-state index contributed by atoms with van der Waals surface area (Å²) in [5.41, 5.74) is 2.03. The number of amides is 1. The Bertz CT molecular complexity index is 937. The third-order valence-corrected chi connectivity index (χ3v) is 6.64. The minimum atomic E-state index is -0.101. The van der Waals surface area contributed by atoms with Gasteiger partial charge in [0.25, 0.3) is 5.91 Å². The van der Waals surface area contributed by atoms with Gasteiger partial charge in [-0.05, 0) is 56.0 Å². The Morgan fingerprint density at radius 2 is 1.90 bits per heavy atom. The number of thiazole rings is 1. The Morgan fingerprint density at radius 1 is 1.16 bits per heavy atom. The number of carbonyl (C=O) groups is 1. The fourth-order valence-corrected chi connectivity index (χ4v) is 4.50. The Morgan fingerprint density at radius 3 is 2.58 bits per heavy atom. The first-order valence-electron chi connectivity index (χ1n) is 10.9. The summed E-state index contributed by atoms with van der Waals surface area (Å²) in [4.78, 5) is 19.2. The van der Waals surface area contributed by atoms with Crippen molar-refractivity contribution in [3.63, 3.8) is 0 Å². The van der Waals surface area contributed by atoms with E-state index in [0.29, 0.717) is 5.56 Å². The summed E-state index contributed by atoms with van der Waals surface area (Å²) < 4.78 is 6.17. The number of nitrogens with zero attached hydrogens (tertiary/aromatic N) is 2. The zero-order chi connectivity index (χ0) is 21.5. The molecule has 1 aromatic heterocycles. The summed E-state index contributed by atoms with van der Waals surface area (Å²) in [5, 5.41) is 5.81. The lowest BCUT2D eigenvalue weighted by Crippen LogP contribution is -2.39. The molecule has 1 aliphatic rings. The van der Waals surface area contributed by atoms with Gasteiger partial charge < -0.3 is 15.0 Å². The minimum Gasteiger partial charge on any atom is -0.490 e. The van der Waals surface area contributed by atoms with Crippen LogP contribution in [0.1, 0.15) is 46.7 Å². The van der Waals surface area contributed by atoms with Crippen molar-refractivity contribution in [1.29, 1.82) is 0 Å². The molecule has 0 aliphatic carbocycles. The van der Waals surface area contributed by atoms with E-state index < -0.39 is 0 Å². The van der Waals surface area contributed by atoms with Crippen LogP contribution >= 0.6 is 11.3 Å². The molecule has 3 aromatic rings. The quantitative estimate of drug-likeness (QED) is 0.556. The number of hydrogen-bond acceptors (Lipinski definition) is 5. The van der Waals surface area contributed by atoms with E-state index >= 15 is 0 Å². The van der Waals surface area contributed by atoms with E-state index in [1.807, 2.05) is 36.6 Å². The van der Waals surface area contributed by atoms with E-state index in [0.717, 1.165) is 49.7 Å². The van der Waals surface area contributed by atoms with Crippen molar-refractivity contribution in [3.8, 4) is 5.75 Å². The topological polar surface area (TPSA) is 54.5 Å². The van der Waals surface area contributed by atoms with Gasteiger partial charge in [-0.25, -0.2) is 4.98 Å². The van der Waals surface area contributed by atoms with E-state index in [1.54, 1.807) is 17.5 Å². The molecule has 2 heterocycles. The van der Waals surface area contributed by atoms with E-state index in [4.69, 9.17) is 4.74 Å².